The van der Waals surface area contributed by atoms with Gasteiger partial charge in [0.25, 0.3) is 0 Å². The van der Waals surface area contributed by atoms with E-state index < -0.39 is 17.3 Å². The van der Waals surface area contributed by atoms with Gasteiger partial charge in [-0.05, 0) is 18.2 Å². The SMILES string of the molecule is N#Cc1ccc(Nc2cncc(N)n2)cc1C(F)(F)F. The Labute approximate surface area is 111 Å². The van der Waals surface area contributed by atoms with E-state index in [0.717, 1.165) is 12.1 Å². The predicted molar refractivity (Wildman–Crippen MR) is 65.9 cm³/mol. The molecule has 3 N–H and O–H groups in total. The molecule has 1 heterocycles. The molecule has 0 unspecified atom stereocenters. The molecule has 0 saturated heterocycles. The lowest BCUT2D eigenvalue weighted by Gasteiger charge is -2.11. The number of nitrogens with two attached hydrogens (primary N) is 1. The summed E-state index contributed by atoms with van der Waals surface area (Å²) < 4.78 is 38.4. The minimum Gasteiger partial charge on any atom is -0.382 e. The Balaban J connectivity index is 2.37. The van der Waals surface area contributed by atoms with Crippen LogP contribution in [0, 0.1) is 11.3 Å². The van der Waals surface area contributed by atoms with E-state index in [1.54, 1.807) is 0 Å². The van der Waals surface area contributed by atoms with E-state index in [4.69, 9.17) is 11.0 Å². The third kappa shape index (κ3) is 2.95. The van der Waals surface area contributed by atoms with E-state index in [1.807, 2.05) is 0 Å². The van der Waals surface area contributed by atoms with E-state index in [1.165, 1.54) is 24.5 Å². The molecule has 0 amide bonds. The number of hydrogen-bond donors (Lipinski definition) is 2. The molecule has 2 aromatic rings. The van der Waals surface area contributed by atoms with Crippen molar-refractivity contribution >= 4 is 17.3 Å². The van der Waals surface area contributed by atoms with Gasteiger partial charge in [-0.3, -0.25) is 4.98 Å². The van der Waals surface area contributed by atoms with Gasteiger partial charge in [0, 0.05) is 5.69 Å². The first-order valence-corrected chi connectivity index (χ1v) is 5.36. The van der Waals surface area contributed by atoms with Crippen LogP contribution in [0.15, 0.2) is 30.6 Å². The van der Waals surface area contributed by atoms with Crippen LogP contribution in [0.1, 0.15) is 11.1 Å². The number of anilines is 3. The minimum absolute atomic E-state index is 0.135. The predicted octanol–water partition coefficient (Wildman–Crippen LogP) is 2.69. The van der Waals surface area contributed by atoms with Crippen molar-refractivity contribution in [1.29, 1.82) is 5.26 Å². The van der Waals surface area contributed by atoms with Crippen LogP contribution in [0.25, 0.3) is 0 Å². The summed E-state index contributed by atoms with van der Waals surface area (Å²) in [5, 5.41) is 11.3. The Kier molecular flexibility index (Phi) is 3.43. The number of alkyl halides is 3. The van der Waals surface area contributed by atoms with Gasteiger partial charge < -0.3 is 11.1 Å². The third-order valence-electron chi connectivity index (χ3n) is 2.37. The highest BCUT2D eigenvalue weighted by Crippen LogP contribution is 2.34. The molecule has 0 spiro atoms. The van der Waals surface area contributed by atoms with E-state index >= 15 is 0 Å². The second kappa shape index (κ2) is 5.05. The molecule has 1 aromatic carbocycles. The summed E-state index contributed by atoms with van der Waals surface area (Å²) in [6.07, 6.45) is -1.98. The van der Waals surface area contributed by atoms with Gasteiger partial charge in [0.05, 0.1) is 29.6 Å². The molecule has 0 fully saturated rings. The van der Waals surface area contributed by atoms with Crippen molar-refractivity contribution in [1.82, 2.24) is 9.97 Å². The van der Waals surface area contributed by atoms with Gasteiger partial charge in [0.1, 0.15) is 5.82 Å². The minimum atomic E-state index is -4.61. The first-order valence-electron chi connectivity index (χ1n) is 5.36. The van der Waals surface area contributed by atoms with Crippen LogP contribution in [-0.4, -0.2) is 9.97 Å². The van der Waals surface area contributed by atoms with E-state index in [-0.39, 0.29) is 17.3 Å². The molecule has 0 aliphatic rings. The average molecular weight is 279 g/mol. The fourth-order valence-electron chi connectivity index (χ4n) is 1.54. The van der Waals surface area contributed by atoms with Gasteiger partial charge in [-0.15, -0.1) is 0 Å². The standard InChI is InChI=1S/C12H8F3N5/c13-12(14,15)9-3-8(2-1-7(9)4-16)19-11-6-18-5-10(17)20-11/h1-3,5-6H,(H3,17,19,20). The number of aromatic nitrogens is 2. The monoisotopic (exact) mass is 279 g/mol. The van der Waals surface area contributed by atoms with Crippen molar-refractivity contribution in [3.63, 3.8) is 0 Å². The first-order chi connectivity index (χ1) is 9.40. The number of hydrogen-bond acceptors (Lipinski definition) is 5. The van der Waals surface area contributed by atoms with Crippen LogP contribution < -0.4 is 11.1 Å². The van der Waals surface area contributed by atoms with Crippen molar-refractivity contribution in [3.8, 4) is 6.07 Å². The van der Waals surface area contributed by atoms with Gasteiger partial charge in [0.15, 0.2) is 5.82 Å². The summed E-state index contributed by atoms with van der Waals surface area (Å²) in [7, 11) is 0. The zero-order chi connectivity index (χ0) is 14.8. The number of nitrogens with zero attached hydrogens (tertiary/aromatic N) is 3. The van der Waals surface area contributed by atoms with E-state index in [9.17, 15) is 13.2 Å². The summed E-state index contributed by atoms with van der Waals surface area (Å²) in [5.41, 5.74) is 4.10. The van der Waals surface area contributed by atoms with Gasteiger partial charge in [-0.25, -0.2) is 4.98 Å². The summed E-state index contributed by atoms with van der Waals surface area (Å²) in [6, 6.07) is 4.78. The highest BCUT2D eigenvalue weighted by Gasteiger charge is 2.33. The van der Waals surface area contributed by atoms with Crippen molar-refractivity contribution in [2.45, 2.75) is 6.18 Å². The Hall–Kier alpha value is -2.82. The van der Waals surface area contributed by atoms with Crippen LogP contribution in [0.5, 0.6) is 0 Å². The molecule has 1 aromatic heterocycles. The maximum atomic E-state index is 12.8. The van der Waals surface area contributed by atoms with Crippen LogP contribution in [0.2, 0.25) is 0 Å². The number of nitriles is 1. The van der Waals surface area contributed by atoms with Crippen molar-refractivity contribution in [2.75, 3.05) is 11.1 Å². The lowest BCUT2D eigenvalue weighted by Crippen LogP contribution is -2.08. The highest BCUT2D eigenvalue weighted by atomic mass is 19.4. The lowest BCUT2D eigenvalue weighted by molar-refractivity contribution is -0.137. The Morgan fingerprint density at radius 3 is 2.60 bits per heavy atom. The number of rotatable bonds is 2. The summed E-state index contributed by atoms with van der Waals surface area (Å²) >= 11 is 0. The summed E-state index contributed by atoms with van der Waals surface area (Å²) in [6.45, 7) is 0. The van der Waals surface area contributed by atoms with E-state index in [2.05, 4.69) is 15.3 Å². The van der Waals surface area contributed by atoms with E-state index in [0.29, 0.717) is 0 Å². The number of benzene rings is 1. The molecule has 0 bridgehead atoms. The molecule has 0 aliphatic carbocycles. The van der Waals surface area contributed by atoms with Crippen LogP contribution in [0.3, 0.4) is 0 Å². The van der Waals surface area contributed by atoms with Crippen LogP contribution in [-0.2, 0) is 6.18 Å². The first kappa shape index (κ1) is 13.6. The summed E-state index contributed by atoms with van der Waals surface area (Å²) in [4.78, 5) is 7.62. The molecule has 2 rings (SSSR count). The number of nitrogen functional groups attached to an aromatic ring is 1. The van der Waals surface area contributed by atoms with Crippen LogP contribution >= 0.6 is 0 Å². The molecule has 8 heteroatoms. The molecule has 102 valence electrons. The maximum Gasteiger partial charge on any atom is 0.417 e. The largest absolute Gasteiger partial charge is 0.417 e. The van der Waals surface area contributed by atoms with Crippen molar-refractivity contribution in [2.24, 2.45) is 0 Å². The fourth-order valence-corrected chi connectivity index (χ4v) is 1.54. The molecule has 0 atom stereocenters. The smallest absolute Gasteiger partial charge is 0.382 e. The second-order valence-electron chi connectivity index (χ2n) is 3.82. The number of halogens is 3. The van der Waals surface area contributed by atoms with Crippen molar-refractivity contribution in [3.05, 3.63) is 41.7 Å². The zero-order valence-electron chi connectivity index (χ0n) is 9.94. The Bertz CT molecular complexity index is 676. The maximum absolute atomic E-state index is 12.8. The molecular weight excluding hydrogens is 271 g/mol. The van der Waals surface area contributed by atoms with Crippen molar-refractivity contribution < 1.29 is 13.2 Å². The molecule has 0 radical (unpaired) electrons. The number of nitrogens with one attached hydrogen (secondary N) is 1. The normalized spacial score (nSPS) is 10.9. The Morgan fingerprint density at radius 2 is 2.00 bits per heavy atom. The third-order valence-corrected chi connectivity index (χ3v) is 2.37. The highest BCUT2D eigenvalue weighted by molar-refractivity contribution is 5.60. The topological polar surface area (TPSA) is 87.6 Å². The van der Waals surface area contributed by atoms with Gasteiger partial charge in [-0.2, -0.15) is 18.4 Å². The molecule has 0 aliphatic heterocycles. The molecule has 20 heavy (non-hydrogen) atoms. The summed E-state index contributed by atoms with van der Waals surface area (Å²) in [5.74, 6) is 0.350. The van der Waals surface area contributed by atoms with Gasteiger partial charge >= 0.3 is 6.18 Å². The fraction of sp³-hybridized carbons (Fsp3) is 0.0833. The average Bonchev–Trinajstić information content (AvgIpc) is 2.37. The molecule has 0 saturated carbocycles. The zero-order valence-corrected chi connectivity index (χ0v) is 9.94. The van der Waals surface area contributed by atoms with Gasteiger partial charge in [0.2, 0.25) is 0 Å². The molecule has 5 nitrogen and oxygen atoms in total. The quantitative estimate of drug-likeness (QED) is 0.882. The van der Waals surface area contributed by atoms with Gasteiger partial charge in [-0.1, -0.05) is 0 Å². The molecular formula is C12H8F3N5. The second-order valence-corrected chi connectivity index (χ2v) is 3.82. The Morgan fingerprint density at radius 1 is 1.25 bits per heavy atom. The van der Waals surface area contributed by atoms with Crippen LogP contribution in [0.4, 0.5) is 30.5 Å². The lowest BCUT2D eigenvalue weighted by atomic mass is 10.1.